The lowest BCUT2D eigenvalue weighted by atomic mass is 10.0. The van der Waals surface area contributed by atoms with E-state index in [1.165, 1.54) is 12.1 Å². The number of nitrogens with zero attached hydrogens (tertiary/aromatic N) is 2. The highest BCUT2D eigenvalue weighted by atomic mass is 32.2. The Morgan fingerprint density at radius 3 is 2.89 bits per heavy atom. The molecule has 0 aliphatic carbocycles. The average Bonchev–Trinajstić information content (AvgIpc) is 2.89. The number of hydrogen-bond acceptors (Lipinski definition) is 3. The Bertz CT molecular complexity index is 1020. The molecule has 2 N–H and O–H groups in total. The Kier molecular flexibility index (Phi) is 5.77. The molecule has 0 saturated carbocycles. The fourth-order valence-electron chi connectivity index (χ4n) is 3.17. The summed E-state index contributed by atoms with van der Waals surface area (Å²) in [7, 11) is 0.254. The van der Waals surface area contributed by atoms with E-state index in [0.29, 0.717) is 27.8 Å². The van der Waals surface area contributed by atoms with Crippen molar-refractivity contribution in [3.63, 3.8) is 0 Å². The summed E-state index contributed by atoms with van der Waals surface area (Å²) >= 11 is 0. The summed E-state index contributed by atoms with van der Waals surface area (Å²) in [5.74, 6) is -0.643. The van der Waals surface area contributed by atoms with Gasteiger partial charge in [0.15, 0.2) is 0 Å². The molecule has 3 rings (SSSR count). The van der Waals surface area contributed by atoms with Crippen molar-refractivity contribution in [3.8, 4) is 6.07 Å². The Balaban J connectivity index is 1.93. The Morgan fingerprint density at radius 2 is 2.21 bits per heavy atom. The van der Waals surface area contributed by atoms with Crippen LogP contribution >= 0.6 is 0 Å². The minimum Gasteiger partial charge on any atom is -0.345 e. The van der Waals surface area contributed by atoms with Gasteiger partial charge in [-0.2, -0.15) is 5.26 Å². The maximum Gasteiger partial charge on any atom is 0.272 e. The van der Waals surface area contributed by atoms with E-state index in [1.807, 2.05) is 12.2 Å². The van der Waals surface area contributed by atoms with E-state index in [4.69, 9.17) is 5.26 Å². The van der Waals surface area contributed by atoms with E-state index in [1.54, 1.807) is 23.9 Å². The number of aryl methyl sites for hydroxylation is 1. The molecule has 146 valence electrons. The molecule has 0 bridgehead atoms. The van der Waals surface area contributed by atoms with E-state index in [9.17, 15) is 13.4 Å². The molecule has 1 aromatic carbocycles. The van der Waals surface area contributed by atoms with Gasteiger partial charge in [-0.1, -0.05) is 26.0 Å². The minimum atomic E-state index is -1.45. The lowest BCUT2D eigenvalue weighted by molar-refractivity contribution is 0.101. The van der Waals surface area contributed by atoms with Crippen molar-refractivity contribution >= 4 is 28.7 Å². The first kappa shape index (κ1) is 20.0. The first-order valence-corrected chi connectivity index (χ1v) is 10.0. The SMILES string of the molecule is CC(C)CC1C=Cc2c(cn(C)c2C(=O)Nc2ccc(F)c(C#N)c2)S(=O)N1. The molecule has 8 heteroatoms. The van der Waals surface area contributed by atoms with Crippen LogP contribution in [0.15, 0.2) is 35.4 Å². The van der Waals surface area contributed by atoms with Crippen LogP contribution in [0.4, 0.5) is 10.1 Å². The fraction of sp³-hybridized carbons (Fsp3) is 0.300. The molecular weight excluding hydrogens is 379 g/mol. The topological polar surface area (TPSA) is 86.9 Å². The maximum atomic E-state index is 13.5. The van der Waals surface area contributed by atoms with Crippen LogP contribution < -0.4 is 10.0 Å². The van der Waals surface area contributed by atoms with Crippen LogP contribution in [0, 0.1) is 23.1 Å². The normalized spacial score (nSPS) is 18.4. The predicted octanol–water partition coefficient (Wildman–Crippen LogP) is 3.34. The lowest BCUT2D eigenvalue weighted by Gasteiger charge is -2.14. The van der Waals surface area contributed by atoms with Crippen molar-refractivity contribution in [3.05, 3.63) is 53.1 Å². The van der Waals surface area contributed by atoms with Crippen molar-refractivity contribution in [2.75, 3.05) is 5.32 Å². The minimum absolute atomic E-state index is 0.0512. The molecule has 1 aliphatic heterocycles. The van der Waals surface area contributed by atoms with Gasteiger partial charge in [-0.3, -0.25) is 4.79 Å². The Morgan fingerprint density at radius 1 is 1.46 bits per heavy atom. The molecule has 2 heterocycles. The van der Waals surface area contributed by atoms with Gasteiger partial charge in [-0.05, 0) is 30.5 Å². The molecule has 0 radical (unpaired) electrons. The second-order valence-corrected chi connectivity index (χ2v) is 8.32. The van der Waals surface area contributed by atoms with Crippen molar-refractivity contribution in [1.29, 1.82) is 5.26 Å². The summed E-state index contributed by atoms with van der Waals surface area (Å²) in [6.07, 6.45) is 6.24. The average molecular weight is 400 g/mol. The van der Waals surface area contributed by atoms with Crippen molar-refractivity contribution < 1.29 is 13.4 Å². The van der Waals surface area contributed by atoms with Crippen molar-refractivity contribution in [2.45, 2.75) is 31.2 Å². The van der Waals surface area contributed by atoms with E-state index in [-0.39, 0.29) is 11.6 Å². The smallest absolute Gasteiger partial charge is 0.272 e. The van der Waals surface area contributed by atoms with E-state index < -0.39 is 22.7 Å². The standard InChI is InChI=1S/C20H21FN4O2S/c1-12(2)8-15-4-6-16-18(28(27)24-15)11-25(3)19(16)20(26)23-14-5-7-17(21)13(9-14)10-22/h4-7,9,11-12,15,24H,8H2,1-3H3,(H,23,26). The summed E-state index contributed by atoms with van der Waals surface area (Å²) < 4.78 is 30.9. The van der Waals surface area contributed by atoms with Crippen LogP contribution in [0.25, 0.3) is 6.08 Å². The zero-order valence-electron chi connectivity index (χ0n) is 15.8. The molecule has 0 fully saturated rings. The quantitative estimate of drug-likeness (QED) is 0.825. The second kappa shape index (κ2) is 8.09. The van der Waals surface area contributed by atoms with E-state index in [2.05, 4.69) is 23.9 Å². The summed E-state index contributed by atoms with van der Waals surface area (Å²) in [5, 5.41) is 11.6. The summed E-state index contributed by atoms with van der Waals surface area (Å²) in [6, 6.07) is 5.50. The number of nitrogens with one attached hydrogen (secondary N) is 2. The number of halogens is 1. The molecule has 1 amide bonds. The number of hydrogen-bond donors (Lipinski definition) is 2. The Labute approximate surface area is 165 Å². The van der Waals surface area contributed by atoms with Gasteiger partial charge in [0.05, 0.1) is 10.5 Å². The zero-order valence-corrected chi connectivity index (χ0v) is 16.6. The molecule has 28 heavy (non-hydrogen) atoms. The molecule has 2 unspecified atom stereocenters. The van der Waals surface area contributed by atoms with Crippen LogP contribution in [0.3, 0.4) is 0 Å². The van der Waals surface area contributed by atoms with Gasteiger partial charge in [0.2, 0.25) is 0 Å². The third kappa shape index (κ3) is 4.06. The number of benzene rings is 1. The number of anilines is 1. The molecule has 2 aromatic rings. The van der Waals surface area contributed by atoms with Crippen LogP contribution in [-0.4, -0.2) is 20.7 Å². The third-order valence-corrected chi connectivity index (χ3v) is 5.66. The molecule has 0 spiro atoms. The number of fused-ring (bicyclic) bond motifs is 1. The third-order valence-electron chi connectivity index (χ3n) is 4.42. The van der Waals surface area contributed by atoms with E-state index >= 15 is 0 Å². The molecule has 2 atom stereocenters. The van der Waals surface area contributed by atoms with Gasteiger partial charge >= 0.3 is 0 Å². The van der Waals surface area contributed by atoms with Crippen LogP contribution in [0.2, 0.25) is 0 Å². The van der Waals surface area contributed by atoms with Gasteiger partial charge in [-0.15, -0.1) is 0 Å². The highest BCUT2D eigenvalue weighted by Crippen LogP contribution is 2.26. The van der Waals surface area contributed by atoms with Crippen molar-refractivity contribution in [2.24, 2.45) is 13.0 Å². The van der Waals surface area contributed by atoms with Gasteiger partial charge in [0.1, 0.15) is 28.6 Å². The van der Waals surface area contributed by atoms with Gasteiger partial charge < -0.3 is 9.88 Å². The van der Waals surface area contributed by atoms with Crippen LogP contribution in [0.1, 0.15) is 41.9 Å². The van der Waals surface area contributed by atoms with Gasteiger partial charge in [0.25, 0.3) is 5.91 Å². The first-order valence-electron chi connectivity index (χ1n) is 8.86. The van der Waals surface area contributed by atoms with Gasteiger partial charge in [0, 0.05) is 30.5 Å². The van der Waals surface area contributed by atoms with Crippen molar-refractivity contribution in [1.82, 2.24) is 9.29 Å². The zero-order chi connectivity index (χ0) is 20.4. The largest absolute Gasteiger partial charge is 0.345 e. The highest BCUT2D eigenvalue weighted by Gasteiger charge is 2.26. The monoisotopic (exact) mass is 400 g/mol. The summed E-state index contributed by atoms with van der Waals surface area (Å²) in [4.78, 5) is 13.4. The highest BCUT2D eigenvalue weighted by molar-refractivity contribution is 7.83. The number of carbonyl (C=O) groups excluding carboxylic acids is 1. The van der Waals surface area contributed by atoms with E-state index in [0.717, 1.165) is 12.5 Å². The number of carbonyl (C=O) groups is 1. The van der Waals surface area contributed by atoms with Gasteiger partial charge in [-0.25, -0.2) is 13.3 Å². The first-order chi connectivity index (χ1) is 13.3. The number of amides is 1. The number of nitriles is 1. The van der Waals surface area contributed by atoms with Crippen LogP contribution in [-0.2, 0) is 18.0 Å². The van der Waals surface area contributed by atoms with Crippen LogP contribution in [0.5, 0.6) is 0 Å². The lowest BCUT2D eigenvalue weighted by Crippen LogP contribution is -2.29. The summed E-state index contributed by atoms with van der Waals surface area (Å²) in [6.45, 7) is 4.18. The molecule has 0 saturated heterocycles. The summed E-state index contributed by atoms with van der Waals surface area (Å²) in [5.41, 5.74) is 1.09. The molecular formula is C20H21FN4O2S. The molecule has 1 aliphatic rings. The Hall–Kier alpha value is -2.76. The second-order valence-electron chi connectivity index (χ2n) is 7.11. The molecule has 1 aromatic heterocycles. The number of aromatic nitrogens is 1. The molecule has 6 nitrogen and oxygen atoms in total. The maximum absolute atomic E-state index is 13.5. The number of rotatable bonds is 4. The fourth-order valence-corrected chi connectivity index (χ4v) is 4.37. The predicted molar refractivity (Wildman–Crippen MR) is 106 cm³/mol.